The van der Waals surface area contributed by atoms with Gasteiger partial charge in [-0.3, -0.25) is 0 Å². The molecule has 5 heteroatoms. The summed E-state index contributed by atoms with van der Waals surface area (Å²) in [5, 5.41) is 11.9. The number of aromatic carboxylic acids is 1. The Hall–Kier alpha value is -1.91. The minimum absolute atomic E-state index is 0.0148. The molecule has 1 atom stereocenters. The van der Waals surface area contributed by atoms with Crippen molar-refractivity contribution in [3.8, 4) is 5.75 Å². The number of rotatable bonds is 1. The summed E-state index contributed by atoms with van der Waals surface area (Å²) in [7, 11) is 0. The van der Waals surface area contributed by atoms with Gasteiger partial charge < -0.3 is 20.9 Å². The van der Waals surface area contributed by atoms with Gasteiger partial charge in [0, 0.05) is 0 Å². The summed E-state index contributed by atoms with van der Waals surface area (Å²) in [6.07, 6.45) is 0.0148. The summed E-state index contributed by atoms with van der Waals surface area (Å²) in [4.78, 5) is 10.8. The van der Waals surface area contributed by atoms with Crippen LogP contribution in [0.4, 0.5) is 11.4 Å². The van der Waals surface area contributed by atoms with Gasteiger partial charge in [0.2, 0.25) is 0 Å². The van der Waals surface area contributed by atoms with Crippen LogP contribution in [0.15, 0.2) is 12.1 Å². The molecule has 2 rings (SSSR count). The highest BCUT2D eigenvalue weighted by Crippen LogP contribution is 2.35. The Bertz CT molecular complexity index is 417. The molecule has 1 aromatic carbocycles. The molecule has 0 fully saturated rings. The van der Waals surface area contributed by atoms with E-state index in [4.69, 9.17) is 15.6 Å². The Kier molecular flexibility index (Phi) is 2.15. The molecule has 0 aromatic heterocycles. The molecule has 4 N–H and O–H groups in total. The van der Waals surface area contributed by atoms with E-state index in [-0.39, 0.29) is 11.7 Å². The van der Waals surface area contributed by atoms with E-state index in [1.165, 1.54) is 12.1 Å². The number of carboxylic acid groups (broad SMARTS) is 1. The van der Waals surface area contributed by atoms with Crippen molar-refractivity contribution in [1.82, 2.24) is 0 Å². The molecule has 5 nitrogen and oxygen atoms in total. The van der Waals surface area contributed by atoms with Gasteiger partial charge in [-0.1, -0.05) is 0 Å². The summed E-state index contributed by atoms with van der Waals surface area (Å²) in [5.74, 6) is -0.502. The van der Waals surface area contributed by atoms with Crippen molar-refractivity contribution in [2.75, 3.05) is 17.6 Å². The zero-order chi connectivity index (χ0) is 11.0. The van der Waals surface area contributed by atoms with Gasteiger partial charge >= 0.3 is 5.97 Å². The maximum absolute atomic E-state index is 10.8. The molecule has 0 amide bonds. The van der Waals surface area contributed by atoms with Gasteiger partial charge in [0.25, 0.3) is 0 Å². The van der Waals surface area contributed by atoms with E-state index in [0.717, 1.165) is 0 Å². The molecule has 1 unspecified atom stereocenters. The molecule has 0 saturated carbocycles. The molecule has 15 heavy (non-hydrogen) atoms. The van der Waals surface area contributed by atoms with Crippen molar-refractivity contribution in [1.29, 1.82) is 0 Å². The SMILES string of the molecule is CC1CNc2c(N)cc(C(=O)O)cc2O1. The molecule has 0 spiro atoms. The van der Waals surface area contributed by atoms with Crippen molar-refractivity contribution < 1.29 is 14.6 Å². The second-order valence-corrected chi connectivity index (χ2v) is 3.55. The van der Waals surface area contributed by atoms with Gasteiger partial charge in [-0.25, -0.2) is 4.79 Å². The van der Waals surface area contributed by atoms with Crippen molar-refractivity contribution in [3.63, 3.8) is 0 Å². The molecule has 1 aliphatic heterocycles. The molecule has 0 bridgehead atoms. The first kappa shape index (κ1) is 9.64. The van der Waals surface area contributed by atoms with Gasteiger partial charge in [-0.15, -0.1) is 0 Å². The number of hydrogen-bond acceptors (Lipinski definition) is 4. The van der Waals surface area contributed by atoms with Crippen LogP contribution in [0.2, 0.25) is 0 Å². The number of fused-ring (bicyclic) bond motifs is 1. The van der Waals surface area contributed by atoms with E-state index in [1.807, 2.05) is 6.92 Å². The maximum atomic E-state index is 10.8. The van der Waals surface area contributed by atoms with Crippen LogP contribution in [0.3, 0.4) is 0 Å². The second kappa shape index (κ2) is 3.34. The van der Waals surface area contributed by atoms with Gasteiger partial charge in [-0.2, -0.15) is 0 Å². The van der Waals surface area contributed by atoms with Crippen LogP contribution < -0.4 is 15.8 Å². The number of carbonyl (C=O) groups is 1. The number of ether oxygens (including phenoxy) is 1. The van der Waals surface area contributed by atoms with Gasteiger partial charge in [0.15, 0.2) is 0 Å². The predicted octanol–water partition coefficient (Wildman–Crippen LogP) is 1.16. The Morgan fingerprint density at radius 1 is 1.67 bits per heavy atom. The number of nitrogens with two attached hydrogens (primary N) is 1. The minimum Gasteiger partial charge on any atom is -0.487 e. The van der Waals surface area contributed by atoms with E-state index in [2.05, 4.69) is 5.32 Å². The predicted molar refractivity (Wildman–Crippen MR) is 56.4 cm³/mol. The third kappa shape index (κ3) is 1.68. The molecule has 1 heterocycles. The lowest BCUT2D eigenvalue weighted by Gasteiger charge is -2.26. The van der Waals surface area contributed by atoms with Crippen LogP contribution in [0.5, 0.6) is 5.75 Å². The first-order chi connectivity index (χ1) is 7.08. The number of anilines is 2. The van der Waals surface area contributed by atoms with E-state index in [1.54, 1.807) is 0 Å². The van der Waals surface area contributed by atoms with E-state index in [9.17, 15) is 4.79 Å². The van der Waals surface area contributed by atoms with Crippen LogP contribution in [0.1, 0.15) is 17.3 Å². The molecular weight excluding hydrogens is 196 g/mol. The fourth-order valence-corrected chi connectivity index (χ4v) is 1.55. The minimum atomic E-state index is -1.01. The molecule has 0 saturated heterocycles. The average Bonchev–Trinajstić information content (AvgIpc) is 2.16. The Morgan fingerprint density at radius 3 is 3.07 bits per heavy atom. The van der Waals surface area contributed by atoms with Crippen LogP contribution in [-0.2, 0) is 0 Å². The summed E-state index contributed by atoms with van der Waals surface area (Å²) in [5.41, 5.74) is 6.94. The van der Waals surface area contributed by atoms with Crippen LogP contribution in [-0.4, -0.2) is 23.7 Å². The standard InChI is InChI=1S/C10H12N2O3/c1-5-4-12-9-7(11)2-6(10(13)14)3-8(9)15-5/h2-3,5,12H,4,11H2,1H3,(H,13,14). The van der Waals surface area contributed by atoms with E-state index < -0.39 is 5.97 Å². The number of hydrogen-bond donors (Lipinski definition) is 3. The lowest BCUT2D eigenvalue weighted by Crippen LogP contribution is -2.28. The molecule has 0 aliphatic carbocycles. The Morgan fingerprint density at radius 2 is 2.40 bits per heavy atom. The summed E-state index contributed by atoms with van der Waals surface area (Å²) in [6.45, 7) is 2.57. The summed E-state index contributed by atoms with van der Waals surface area (Å²) >= 11 is 0. The van der Waals surface area contributed by atoms with Crippen LogP contribution >= 0.6 is 0 Å². The Balaban J connectivity index is 2.48. The highest BCUT2D eigenvalue weighted by Gasteiger charge is 2.20. The fraction of sp³-hybridized carbons (Fsp3) is 0.300. The zero-order valence-electron chi connectivity index (χ0n) is 8.28. The number of carboxylic acids is 1. The second-order valence-electron chi connectivity index (χ2n) is 3.55. The number of nitrogens with one attached hydrogen (secondary N) is 1. The largest absolute Gasteiger partial charge is 0.487 e. The molecule has 1 aromatic rings. The fourth-order valence-electron chi connectivity index (χ4n) is 1.55. The van der Waals surface area contributed by atoms with E-state index in [0.29, 0.717) is 23.7 Å². The topological polar surface area (TPSA) is 84.6 Å². The van der Waals surface area contributed by atoms with Crippen molar-refractivity contribution in [3.05, 3.63) is 17.7 Å². The van der Waals surface area contributed by atoms with Gasteiger partial charge in [-0.05, 0) is 19.1 Å². The lowest BCUT2D eigenvalue weighted by atomic mass is 10.1. The third-order valence-corrected chi connectivity index (χ3v) is 2.27. The quantitative estimate of drug-likeness (QED) is 0.603. The summed E-state index contributed by atoms with van der Waals surface area (Å²) in [6, 6.07) is 2.91. The lowest BCUT2D eigenvalue weighted by molar-refractivity contribution is 0.0696. The molecule has 1 aliphatic rings. The van der Waals surface area contributed by atoms with Crippen LogP contribution in [0.25, 0.3) is 0 Å². The molecular formula is C10H12N2O3. The third-order valence-electron chi connectivity index (χ3n) is 2.27. The Labute approximate surface area is 86.8 Å². The van der Waals surface area contributed by atoms with Crippen molar-refractivity contribution in [2.45, 2.75) is 13.0 Å². The van der Waals surface area contributed by atoms with Crippen molar-refractivity contribution in [2.24, 2.45) is 0 Å². The number of benzene rings is 1. The van der Waals surface area contributed by atoms with E-state index >= 15 is 0 Å². The normalized spacial score (nSPS) is 18.6. The van der Waals surface area contributed by atoms with Crippen LogP contribution in [0, 0.1) is 0 Å². The van der Waals surface area contributed by atoms with Gasteiger partial charge in [0.1, 0.15) is 17.5 Å². The highest BCUT2D eigenvalue weighted by atomic mass is 16.5. The zero-order valence-corrected chi connectivity index (χ0v) is 8.28. The first-order valence-corrected chi connectivity index (χ1v) is 4.65. The highest BCUT2D eigenvalue weighted by molar-refractivity contribution is 5.92. The maximum Gasteiger partial charge on any atom is 0.335 e. The molecule has 80 valence electrons. The smallest absolute Gasteiger partial charge is 0.335 e. The average molecular weight is 208 g/mol. The number of nitrogen functional groups attached to an aromatic ring is 1. The first-order valence-electron chi connectivity index (χ1n) is 4.65. The monoisotopic (exact) mass is 208 g/mol. The van der Waals surface area contributed by atoms with Crippen molar-refractivity contribution >= 4 is 17.3 Å². The molecule has 0 radical (unpaired) electrons. The van der Waals surface area contributed by atoms with Gasteiger partial charge in [0.05, 0.1) is 17.8 Å². The summed E-state index contributed by atoms with van der Waals surface area (Å²) < 4.78 is 5.50.